The summed E-state index contributed by atoms with van der Waals surface area (Å²) in [6.07, 6.45) is 3.96. The molecule has 2 aliphatic rings. The SMILES string of the molecule is [CH2-]N1CCC(N2CCCN(C)CC2)CC1. The topological polar surface area (TPSA) is 9.72 Å². The molecule has 0 aliphatic carbocycles. The van der Waals surface area contributed by atoms with Crippen molar-refractivity contribution in [3.05, 3.63) is 7.05 Å². The number of piperidine rings is 1. The van der Waals surface area contributed by atoms with Gasteiger partial charge < -0.3 is 9.80 Å². The second kappa shape index (κ2) is 5.28. The number of hydrogen-bond acceptors (Lipinski definition) is 3. The zero-order valence-electron chi connectivity index (χ0n) is 9.99. The monoisotopic (exact) mass is 210 g/mol. The molecule has 2 rings (SSSR count). The lowest BCUT2D eigenvalue weighted by Crippen LogP contribution is -2.44. The molecule has 0 N–H and O–H groups in total. The molecule has 0 atom stereocenters. The van der Waals surface area contributed by atoms with Gasteiger partial charge in [0, 0.05) is 19.1 Å². The fourth-order valence-corrected chi connectivity index (χ4v) is 2.72. The van der Waals surface area contributed by atoms with E-state index in [1.165, 1.54) is 58.5 Å². The molecule has 0 aromatic rings. The van der Waals surface area contributed by atoms with Crippen LogP contribution in [0.4, 0.5) is 0 Å². The van der Waals surface area contributed by atoms with Crippen LogP contribution in [0.5, 0.6) is 0 Å². The zero-order chi connectivity index (χ0) is 10.7. The van der Waals surface area contributed by atoms with Gasteiger partial charge in [-0.1, -0.05) is 0 Å². The minimum Gasteiger partial charge on any atom is -0.459 e. The molecule has 3 heteroatoms. The highest BCUT2D eigenvalue weighted by Crippen LogP contribution is 2.17. The van der Waals surface area contributed by atoms with E-state index < -0.39 is 0 Å². The second-order valence-corrected chi connectivity index (χ2v) is 5.04. The third kappa shape index (κ3) is 3.16. The van der Waals surface area contributed by atoms with Crippen molar-refractivity contribution >= 4 is 0 Å². The van der Waals surface area contributed by atoms with E-state index in [0.29, 0.717) is 0 Å². The van der Waals surface area contributed by atoms with Gasteiger partial charge in [-0.05, 0) is 52.5 Å². The third-order valence-corrected chi connectivity index (χ3v) is 3.83. The van der Waals surface area contributed by atoms with Crippen molar-refractivity contribution in [2.45, 2.75) is 25.3 Å². The predicted molar refractivity (Wildman–Crippen MR) is 63.6 cm³/mol. The largest absolute Gasteiger partial charge is 0.459 e. The number of likely N-dealkylation sites (N-methyl/N-ethyl adjacent to an activating group) is 1. The maximum absolute atomic E-state index is 4.01. The van der Waals surface area contributed by atoms with Gasteiger partial charge in [0.1, 0.15) is 0 Å². The molecule has 2 heterocycles. The average molecular weight is 210 g/mol. The lowest BCUT2D eigenvalue weighted by molar-refractivity contribution is 0.132. The summed E-state index contributed by atoms with van der Waals surface area (Å²) in [5.41, 5.74) is 0. The van der Waals surface area contributed by atoms with Crippen LogP contribution in [-0.2, 0) is 0 Å². The Balaban J connectivity index is 1.82. The molecule has 0 unspecified atom stereocenters. The molecule has 0 radical (unpaired) electrons. The summed E-state index contributed by atoms with van der Waals surface area (Å²) in [5, 5.41) is 0. The molecule has 15 heavy (non-hydrogen) atoms. The molecular formula is C12H24N3-. The van der Waals surface area contributed by atoms with Crippen LogP contribution < -0.4 is 0 Å². The van der Waals surface area contributed by atoms with Crippen LogP contribution in [0.3, 0.4) is 0 Å². The van der Waals surface area contributed by atoms with E-state index >= 15 is 0 Å². The minimum absolute atomic E-state index is 0.828. The Bertz CT molecular complexity index is 187. The van der Waals surface area contributed by atoms with Crippen molar-refractivity contribution in [2.75, 3.05) is 46.3 Å². The normalized spacial score (nSPS) is 29.2. The summed E-state index contributed by atoms with van der Waals surface area (Å²) < 4.78 is 0. The molecule has 2 fully saturated rings. The first-order chi connectivity index (χ1) is 7.25. The van der Waals surface area contributed by atoms with Gasteiger partial charge in [0.25, 0.3) is 0 Å². The highest BCUT2D eigenvalue weighted by Gasteiger charge is 2.22. The summed E-state index contributed by atoms with van der Waals surface area (Å²) in [4.78, 5) is 7.37. The molecule has 0 saturated carbocycles. The van der Waals surface area contributed by atoms with E-state index in [9.17, 15) is 0 Å². The van der Waals surface area contributed by atoms with Gasteiger partial charge in [-0.3, -0.25) is 11.9 Å². The molecule has 0 aromatic heterocycles. The maximum atomic E-state index is 4.01. The summed E-state index contributed by atoms with van der Waals surface area (Å²) in [5.74, 6) is 0. The van der Waals surface area contributed by atoms with Crippen molar-refractivity contribution in [3.8, 4) is 0 Å². The van der Waals surface area contributed by atoms with Crippen LogP contribution in [-0.4, -0.2) is 67.1 Å². The summed E-state index contributed by atoms with van der Waals surface area (Å²) in [7, 11) is 6.25. The van der Waals surface area contributed by atoms with Gasteiger partial charge in [-0.25, -0.2) is 0 Å². The minimum atomic E-state index is 0.828. The fourth-order valence-electron chi connectivity index (χ4n) is 2.72. The predicted octanol–water partition coefficient (Wildman–Crippen LogP) is 0.880. The van der Waals surface area contributed by atoms with E-state index in [1.807, 2.05) is 0 Å². The third-order valence-electron chi connectivity index (χ3n) is 3.83. The van der Waals surface area contributed by atoms with E-state index in [-0.39, 0.29) is 0 Å². The van der Waals surface area contributed by atoms with Gasteiger partial charge >= 0.3 is 0 Å². The molecule has 0 spiro atoms. The van der Waals surface area contributed by atoms with Crippen LogP contribution in [0.25, 0.3) is 0 Å². The smallest absolute Gasteiger partial charge is 0.0118 e. The molecule has 2 saturated heterocycles. The van der Waals surface area contributed by atoms with Crippen molar-refractivity contribution in [1.29, 1.82) is 0 Å². The first kappa shape index (κ1) is 11.4. The number of likely N-dealkylation sites (tertiary alicyclic amines) is 1. The van der Waals surface area contributed by atoms with Gasteiger partial charge in [-0.15, -0.1) is 0 Å². The van der Waals surface area contributed by atoms with Crippen LogP contribution in [0, 0.1) is 7.05 Å². The lowest BCUT2D eigenvalue weighted by atomic mass is 10.0. The van der Waals surface area contributed by atoms with Crippen molar-refractivity contribution in [1.82, 2.24) is 14.7 Å². The first-order valence-corrected chi connectivity index (χ1v) is 6.24. The average Bonchev–Trinajstić information content (AvgIpc) is 2.44. The highest BCUT2D eigenvalue weighted by atomic mass is 15.2. The Morgan fingerprint density at radius 1 is 0.933 bits per heavy atom. The van der Waals surface area contributed by atoms with E-state index in [4.69, 9.17) is 0 Å². The number of hydrogen-bond donors (Lipinski definition) is 0. The molecule has 0 bridgehead atoms. The number of rotatable bonds is 1. The van der Waals surface area contributed by atoms with E-state index in [1.54, 1.807) is 0 Å². The Morgan fingerprint density at radius 2 is 1.67 bits per heavy atom. The molecule has 2 aliphatic heterocycles. The summed E-state index contributed by atoms with van der Waals surface area (Å²) in [6.45, 7) is 7.42. The van der Waals surface area contributed by atoms with Gasteiger partial charge in [0.15, 0.2) is 0 Å². The van der Waals surface area contributed by atoms with Crippen molar-refractivity contribution < 1.29 is 0 Å². The van der Waals surface area contributed by atoms with Crippen molar-refractivity contribution in [2.24, 2.45) is 0 Å². The van der Waals surface area contributed by atoms with Crippen LogP contribution in [0.2, 0.25) is 0 Å². The number of nitrogens with zero attached hydrogens (tertiary/aromatic N) is 3. The van der Waals surface area contributed by atoms with Crippen LogP contribution in [0.15, 0.2) is 0 Å². The van der Waals surface area contributed by atoms with Crippen LogP contribution in [0.1, 0.15) is 19.3 Å². The van der Waals surface area contributed by atoms with E-state index in [2.05, 4.69) is 28.8 Å². The Labute approximate surface area is 94.0 Å². The van der Waals surface area contributed by atoms with Gasteiger partial charge in [0.05, 0.1) is 0 Å². The Morgan fingerprint density at radius 3 is 2.40 bits per heavy atom. The summed E-state index contributed by atoms with van der Waals surface area (Å²) in [6, 6.07) is 0.828. The molecular weight excluding hydrogens is 186 g/mol. The quantitative estimate of drug-likeness (QED) is 0.595. The van der Waals surface area contributed by atoms with Gasteiger partial charge in [0.2, 0.25) is 0 Å². The first-order valence-electron chi connectivity index (χ1n) is 6.24. The molecule has 88 valence electrons. The molecule has 3 nitrogen and oxygen atoms in total. The summed E-state index contributed by atoms with van der Waals surface area (Å²) >= 11 is 0. The highest BCUT2D eigenvalue weighted by molar-refractivity contribution is 4.81. The fraction of sp³-hybridized carbons (Fsp3) is 0.917. The molecule has 0 amide bonds. The Hall–Kier alpha value is -0.120. The molecule has 0 aromatic carbocycles. The Kier molecular flexibility index (Phi) is 4.00. The van der Waals surface area contributed by atoms with Crippen molar-refractivity contribution in [3.63, 3.8) is 0 Å². The van der Waals surface area contributed by atoms with E-state index in [0.717, 1.165) is 6.04 Å². The van der Waals surface area contributed by atoms with Crippen LogP contribution >= 0.6 is 0 Å². The second-order valence-electron chi connectivity index (χ2n) is 5.04. The maximum Gasteiger partial charge on any atom is 0.0118 e. The lowest BCUT2D eigenvalue weighted by Gasteiger charge is -2.40. The zero-order valence-corrected chi connectivity index (χ0v) is 9.99. The standard InChI is InChI=1S/C12H24N3/c1-13-6-3-7-15(11-10-13)12-4-8-14(2)9-5-12/h12H,2-11H2,1H3/q-1. The van der Waals surface area contributed by atoms with Gasteiger partial charge in [-0.2, -0.15) is 0 Å².